The van der Waals surface area contributed by atoms with Crippen LogP contribution in [0.5, 0.6) is 0 Å². The average Bonchev–Trinajstić information content (AvgIpc) is 2.23. The first kappa shape index (κ1) is 8.82. The Morgan fingerprint density at radius 3 is 2.14 bits per heavy atom. The Morgan fingerprint density at radius 2 is 1.43 bits per heavy atom. The predicted molar refractivity (Wildman–Crippen MR) is 59.1 cm³/mol. The third-order valence-electron chi connectivity index (χ3n) is 2.12. The lowest BCUT2D eigenvalue weighted by Crippen LogP contribution is -1.90. The maximum absolute atomic E-state index is 4.54. The fraction of sp³-hybridized carbons (Fsp3) is 0.0769. The van der Waals surface area contributed by atoms with Crippen LogP contribution in [0.4, 0.5) is 11.4 Å². The third-order valence-corrected chi connectivity index (χ3v) is 2.12. The van der Waals surface area contributed by atoms with Crippen LogP contribution in [0.15, 0.2) is 54.6 Å². The summed E-state index contributed by atoms with van der Waals surface area (Å²) < 4.78 is 0. The smallest absolute Gasteiger partial charge is 0.0666 e. The van der Waals surface area contributed by atoms with Crippen LogP contribution in [0.25, 0.3) is 0 Å². The van der Waals surface area contributed by atoms with Gasteiger partial charge in [-0.15, -0.1) is 0 Å². The van der Waals surface area contributed by atoms with E-state index in [9.17, 15) is 0 Å². The zero-order chi connectivity index (χ0) is 9.80. The number of rotatable bonds is 2. The van der Waals surface area contributed by atoms with Crippen molar-refractivity contribution in [3.63, 3.8) is 0 Å². The number of benzene rings is 2. The molecule has 14 heavy (non-hydrogen) atoms. The molecule has 0 aliphatic carbocycles. The Balaban J connectivity index is 2.24. The highest BCUT2D eigenvalue weighted by molar-refractivity contribution is 5.52. The van der Waals surface area contributed by atoms with Crippen molar-refractivity contribution in [2.45, 2.75) is 6.92 Å². The second-order valence-electron chi connectivity index (χ2n) is 3.23. The van der Waals surface area contributed by atoms with Crippen LogP contribution >= 0.6 is 0 Å². The second-order valence-corrected chi connectivity index (χ2v) is 3.23. The minimum Gasteiger partial charge on any atom is -0.249 e. The third kappa shape index (κ3) is 1.94. The quantitative estimate of drug-likeness (QED) is 0.674. The lowest BCUT2D eigenvalue weighted by atomic mass is 10.2. The molecule has 0 heterocycles. The number of hydrogen-bond donors (Lipinski definition) is 0. The molecule has 2 aromatic carbocycles. The molecular weight excluding hydrogens is 170 g/mol. The highest BCUT2D eigenvalue weighted by Gasteiger charge is 1.98. The molecule has 0 fully saturated rings. The lowest BCUT2D eigenvalue weighted by Gasteiger charge is -2.05. The van der Waals surface area contributed by atoms with Gasteiger partial charge in [-0.3, -0.25) is 0 Å². The van der Waals surface area contributed by atoms with Gasteiger partial charge in [-0.25, -0.2) is 5.32 Å². The average molecular weight is 182 g/mol. The largest absolute Gasteiger partial charge is 0.249 e. The van der Waals surface area contributed by atoms with E-state index in [0.29, 0.717) is 0 Å². The van der Waals surface area contributed by atoms with E-state index in [2.05, 4.69) is 18.3 Å². The van der Waals surface area contributed by atoms with Gasteiger partial charge in [0.25, 0.3) is 0 Å². The maximum atomic E-state index is 4.54. The van der Waals surface area contributed by atoms with E-state index in [1.54, 1.807) is 0 Å². The van der Waals surface area contributed by atoms with Crippen LogP contribution in [-0.2, 0) is 0 Å². The summed E-state index contributed by atoms with van der Waals surface area (Å²) in [5.41, 5.74) is 3.25. The predicted octanol–water partition coefficient (Wildman–Crippen LogP) is 3.56. The summed E-state index contributed by atoms with van der Waals surface area (Å²) in [6, 6.07) is 18.1. The molecule has 0 atom stereocenters. The lowest BCUT2D eigenvalue weighted by molar-refractivity contribution is 1.16. The normalized spacial score (nSPS) is 9.79. The van der Waals surface area contributed by atoms with E-state index in [4.69, 9.17) is 0 Å². The molecular formula is C13H12N. The van der Waals surface area contributed by atoms with Gasteiger partial charge in [-0.1, -0.05) is 36.4 Å². The Hall–Kier alpha value is -1.76. The van der Waals surface area contributed by atoms with Gasteiger partial charge in [0.15, 0.2) is 0 Å². The molecule has 2 aromatic rings. The molecule has 0 amide bonds. The molecule has 0 aliphatic heterocycles. The molecule has 0 bridgehead atoms. The zero-order valence-corrected chi connectivity index (χ0v) is 8.14. The molecule has 0 spiro atoms. The summed E-state index contributed by atoms with van der Waals surface area (Å²) in [7, 11) is 0. The van der Waals surface area contributed by atoms with Crippen molar-refractivity contribution in [2.24, 2.45) is 0 Å². The molecule has 1 nitrogen and oxygen atoms in total. The SMILES string of the molecule is Cc1ccccc1[N]c1ccccc1. The highest BCUT2D eigenvalue weighted by atomic mass is 14.9. The Labute approximate surface area is 84.4 Å². The van der Waals surface area contributed by atoms with E-state index in [-0.39, 0.29) is 0 Å². The van der Waals surface area contributed by atoms with Crippen molar-refractivity contribution in [1.29, 1.82) is 0 Å². The molecule has 0 aromatic heterocycles. The number of nitrogens with zero attached hydrogens (tertiary/aromatic N) is 1. The molecule has 0 aliphatic rings. The standard InChI is InChI=1S/C13H12N/c1-11-7-5-6-10-13(11)14-12-8-3-2-4-9-12/h2-10H,1H3. The van der Waals surface area contributed by atoms with Crippen LogP contribution in [0.1, 0.15) is 5.56 Å². The van der Waals surface area contributed by atoms with Gasteiger partial charge in [-0.05, 0) is 30.7 Å². The van der Waals surface area contributed by atoms with Gasteiger partial charge in [0, 0.05) is 0 Å². The first-order chi connectivity index (χ1) is 6.86. The van der Waals surface area contributed by atoms with E-state index >= 15 is 0 Å². The van der Waals surface area contributed by atoms with Gasteiger partial charge < -0.3 is 0 Å². The highest BCUT2D eigenvalue weighted by Crippen LogP contribution is 2.19. The van der Waals surface area contributed by atoms with Gasteiger partial charge in [-0.2, -0.15) is 0 Å². The van der Waals surface area contributed by atoms with E-state index < -0.39 is 0 Å². The summed E-state index contributed by atoms with van der Waals surface area (Å²) >= 11 is 0. The van der Waals surface area contributed by atoms with Crippen molar-refractivity contribution in [3.8, 4) is 0 Å². The van der Waals surface area contributed by atoms with Crippen molar-refractivity contribution in [1.82, 2.24) is 5.32 Å². The fourth-order valence-corrected chi connectivity index (χ4v) is 1.33. The molecule has 0 unspecified atom stereocenters. The molecule has 0 saturated carbocycles. The van der Waals surface area contributed by atoms with Crippen molar-refractivity contribution >= 4 is 11.4 Å². The van der Waals surface area contributed by atoms with Crippen molar-refractivity contribution in [2.75, 3.05) is 0 Å². The minimum atomic E-state index is 1.00. The van der Waals surface area contributed by atoms with Crippen molar-refractivity contribution < 1.29 is 0 Å². The number of aryl methyl sites for hydroxylation is 1. The minimum absolute atomic E-state index is 1.00. The maximum Gasteiger partial charge on any atom is 0.0666 e. The second kappa shape index (κ2) is 3.97. The molecule has 1 radical (unpaired) electrons. The first-order valence-corrected chi connectivity index (χ1v) is 4.69. The fourth-order valence-electron chi connectivity index (χ4n) is 1.33. The molecule has 0 saturated heterocycles. The Bertz CT molecular complexity index is 407. The summed E-state index contributed by atoms with van der Waals surface area (Å²) in [6.07, 6.45) is 0. The van der Waals surface area contributed by atoms with Crippen LogP contribution in [0.3, 0.4) is 0 Å². The summed E-state index contributed by atoms with van der Waals surface area (Å²) in [6.45, 7) is 2.07. The Morgan fingerprint density at radius 1 is 0.786 bits per heavy atom. The zero-order valence-electron chi connectivity index (χ0n) is 8.14. The van der Waals surface area contributed by atoms with Crippen LogP contribution in [0, 0.1) is 6.92 Å². The number of para-hydroxylation sites is 2. The van der Waals surface area contributed by atoms with Gasteiger partial charge in [0.05, 0.1) is 11.4 Å². The van der Waals surface area contributed by atoms with Gasteiger partial charge in [0.2, 0.25) is 0 Å². The van der Waals surface area contributed by atoms with Crippen molar-refractivity contribution in [3.05, 3.63) is 60.2 Å². The molecule has 69 valence electrons. The van der Waals surface area contributed by atoms with Gasteiger partial charge in [0.1, 0.15) is 0 Å². The van der Waals surface area contributed by atoms with Gasteiger partial charge >= 0.3 is 0 Å². The first-order valence-electron chi connectivity index (χ1n) is 4.69. The molecule has 1 heteroatoms. The summed E-state index contributed by atoms with van der Waals surface area (Å²) in [5.74, 6) is 0. The van der Waals surface area contributed by atoms with Crippen LogP contribution in [-0.4, -0.2) is 0 Å². The van der Waals surface area contributed by atoms with Crippen LogP contribution < -0.4 is 5.32 Å². The summed E-state index contributed by atoms with van der Waals surface area (Å²) in [4.78, 5) is 0. The Kier molecular flexibility index (Phi) is 2.50. The molecule has 2 rings (SSSR count). The van der Waals surface area contributed by atoms with E-state index in [1.807, 2.05) is 48.5 Å². The van der Waals surface area contributed by atoms with Crippen LogP contribution in [0.2, 0.25) is 0 Å². The number of hydrogen-bond acceptors (Lipinski definition) is 0. The topological polar surface area (TPSA) is 14.1 Å². The van der Waals surface area contributed by atoms with E-state index in [1.165, 1.54) is 5.56 Å². The molecule has 0 N–H and O–H groups in total. The summed E-state index contributed by atoms with van der Waals surface area (Å²) in [5, 5.41) is 4.54. The van der Waals surface area contributed by atoms with E-state index in [0.717, 1.165) is 11.4 Å². The monoisotopic (exact) mass is 182 g/mol.